The summed E-state index contributed by atoms with van der Waals surface area (Å²) in [5.74, 6) is 0.384. The third kappa shape index (κ3) is 3.24. The van der Waals surface area contributed by atoms with Gasteiger partial charge in [0.1, 0.15) is 5.75 Å². The molecule has 2 aliphatic heterocycles. The summed E-state index contributed by atoms with van der Waals surface area (Å²) in [6.07, 6.45) is 2.14. The minimum Gasteiger partial charge on any atom is -0.491 e. The van der Waals surface area contributed by atoms with Gasteiger partial charge in [0.2, 0.25) is 0 Å². The standard InChI is InChI=1S/C16H24N2O3/c1-12(2)21-15-9-13(17)8-14(10-15)18-5-3-4-16(11-18)19-6-7-20-16/h8-10,12H,3-7,11,17H2,1-2H3. The molecule has 2 fully saturated rings. The topological polar surface area (TPSA) is 57.0 Å². The molecule has 0 bridgehead atoms. The SMILES string of the molecule is CC(C)Oc1cc(N)cc(N2CCCC3(C2)OCCO3)c1. The van der Waals surface area contributed by atoms with Crippen LogP contribution in [0.4, 0.5) is 11.4 Å². The van der Waals surface area contributed by atoms with Crippen LogP contribution in [0.3, 0.4) is 0 Å². The van der Waals surface area contributed by atoms with Crippen molar-refractivity contribution < 1.29 is 14.2 Å². The van der Waals surface area contributed by atoms with E-state index in [1.807, 2.05) is 32.0 Å². The van der Waals surface area contributed by atoms with Crippen molar-refractivity contribution in [1.82, 2.24) is 0 Å². The van der Waals surface area contributed by atoms with E-state index >= 15 is 0 Å². The Morgan fingerprint density at radius 2 is 2.00 bits per heavy atom. The minimum atomic E-state index is -0.429. The first-order valence-electron chi connectivity index (χ1n) is 7.66. The second-order valence-electron chi connectivity index (χ2n) is 6.06. The van der Waals surface area contributed by atoms with E-state index in [9.17, 15) is 0 Å². The van der Waals surface area contributed by atoms with Gasteiger partial charge in [-0.25, -0.2) is 0 Å². The van der Waals surface area contributed by atoms with Crippen LogP contribution in [0.15, 0.2) is 18.2 Å². The first kappa shape index (κ1) is 14.5. The molecule has 2 aliphatic rings. The molecule has 1 spiro atoms. The molecule has 1 aromatic rings. The monoisotopic (exact) mass is 292 g/mol. The van der Waals surface area contributed by atoms with Gasteiger partial charge in [0.25, 0.3) is 0 Å². The molecule has 0 unspecified atom stereocenters. The zero-order chi connectivity index (χ0) is 14.9. The van der Waals surface area contributed by atoms with Crippen molar-refractivity contribution in [3.8, 4) is 5.75 Å². The Bertz CT molecular complexity index is 498. The van der Waals surface area contributed by atoms with Crippen LogP contribution < -0.4 is 15.4 Å². The van der Waals surface area contributed by atoms with Gasteiger partial charge in [-0.2, -0.15) is 0 Å². The average Bonchev–Trinajstić information content (AvgIpc) is 2.85. The highest BCUT2D eigenvalue weighted by Crippen LogP contribution is 2.34. The summed E-state index contributed by atoms with van der Waals surface area (Å²) < 4.78 is 17.4. The molecule has 116 valence electrons. The number of anilines is 2. The van der Waals surface area contributed by atoms with Crippen molar-refractivity contribution in [2.24, 2.45) is 0 Å². The van der Waals surface area contributed by atoms with Crippen molar-refractivity contribution in [2.75, 3.05) is 36.9 Å². The van der Waals surface area contributed by atoms with E-state index in [1.165, 1.54) is 0 Å². The molecule has 21 heavy (non-hydrogen) atoms. The summed E-state index contributed by atoms with van der Waals surface area (Å²) in [4.78, 5) is 2.28. The van der Waals surface area contributed by atoms with Gasteiger partial charge in [0.15, 0.2) is 5.79 Å². The first-order valence-corrected chi connectivity index (χ1v) is 7.66. The van der Waals surface area contributed by atoms with Gasteiger partial charge in [-0.05, 0) is 26.3 Å². The second kappa shape index (κ2) is 5.73. The van der Waals surface area contributed by atoms with E-state index in [-0.39, 0.29) is 6.10 Å². The number of nitrogens with zero attached hydrogens (tertiary/aromatic N) is 1. The van der Waals surface area contributed by atoms with E-state index in [1.54, 1.807) is 0 Å². The van der Waals surface area contributed by atoms with Gasteiger partial charge < -0.3 is 24.8 Å². The van der Waals surface area contributed by atoms with Gasteiger partial charge in [-0.3, -0.25) is 0 Å². The molecular formula is C16H24N2O3. The third-order valence-corrected chi connectivity index (χ3v) is 3.88. The van der Waals surface area contributed by atoms with E-state index in [0.717, 1.165) is 43.1 Å². The number of piperidine rings is 1. The normalized spacial score (nSPS) is 21.2. The van der Waals surface area contributed by atoms with Gasteiger partial charge in [-0.1, -0.05) is 0 Å². The Hall–Kier alpha value is -1.46. The molecule has 2 saturated heterocycles. The second-order valence-corrected chi connectivity index (χ2v) is 6.06. The molecule has 0 saturated carbocycles. The molecule has 3 rings (SSSR count). The van der Waals surface area contributed by atoms with E-state index in [2.05, 4.69) is 4.90 Å². The van der Waals surface area contributed by atoms with Crippen LogP contribution in [0.25, 0.3) is 0 Å². The Morgan fingerprint density at radius 1 is 1.24 bits per heavy atom. The number of hydrogen-bond donors (Lipinski definition) is 1. The lowest BCUT2D eigenvalue weighted by Crippen LogP contribution is -2.49. The van der Waals surface area contributed by atoms with Crippen LogP contribution in [0.2, 0.25) is 0 Å². The Kier molecular flexibility index (Phi) is 3.95. The Labute approximate surface area is 126 Å². The van der Waals surface area contributed by atoms with Crippen molar-refractivity contribution in [3.63, 3.8) is 0 Å². The summed E-state index contributed by atoms with van der Waals surface area (Å²) in [6, 6.07) is 5.90. The fraction of sp³-hybridized carbons (Fsp3) is 0.625. The quantitative estimate of drug-likeness (QED) is 0.867. The number of nitrogen functional groups attached to an aromatic ring is 1. The fourth-order valence-corrected chi connectivity index (χ4v) is 3.07. The molecule has 1 aromatic carbocycles. The number of rotatable bonds is 3. The van der Waals surface area contributed by atoms with Crippen molar-refractivity contribution in [3.05, 3.63) is 18.2 Å². The zero-order valence-electron chi connectivity index (χ0n) is 12.8. The van der Waals surface area contributed by atoms with Gasteiger partial charge in [0.05, 0.1) is 25.9 Å². The van der Waals surface area contributed by atoms with E-state index in [4.69, 9.17) is 19.9 Å². The lowest BCUT2D eigenvalue weighted by Gasteiger charge is -2.40. The number of nitrogens with two attached hydrogens (primary N) is 1. The molecule has 0 atom stereocenters. The predicted molar refractivity (Wildman–Crippen MR) is 82.7 cm³/mol. The van der Waals surface area contributed by atoms with Crippen LogP contribution in [-0.2, 0) is 9.47 Å². The highest BCUT2D eigenvalue weighted by Gasteiger charge is 2.40. The van der Waals surface area contributed by atoms with E-state index in [0.29, 0.717) is 13.2 Å². The summed E-state index contributed by atoms with van der Waals surface area (Å²) in [6.45, 7) is 7.13. The maximum atomic E-state index is 6.02. The predicted octanol–water partition coefficient (Wildman–Crippen LogP) is 2.40. The number of hydrogen-bond acceptors (Lipinski definition) is 5. The van der Waals surface area contributed by atoms with Crippen LogP contribution in [0.5, 0.6) is 5.75 Å². The van der Waals surface area contributed by atoms with E-state index < -0.39 is 5.79 Å². The summed E-state index contributed by atoms with van der Waals surface area (Å²) in [5, 5.41) is 0. The lowest BCUT2D eigenvalue weighted by molar-refractivity contribution is -0.161. The first-order chi connectivity index (χ1) is 10.1. The van der Waals surface area contributed by atoms with Crippen LogP contribution in [0.1, 0.15) is 26.7 Å². The molecule has 0 aliphatic carbocycles. The maximum absolute atomic E-state index is 6.02. The van der Waals surface area contributed by atoms with Gasteiger partial charge in [0, 0.05) is 36.5 Å². The molecule has 0 aromatic heterocycles. The Morgan fingerprint density at radius 3 is 2.71 bits per heavy atom. The summed E-state index contributed by atoms with van der Waals surface area (Å²) in [5.41, 5.74) is 7.81. The highest BCUT2D eigenvalue weighted by molar-refractivity contribution is 5.61. The minimum absolute atomic E-state index is 0.133. The molecule has 5 nitrogen and oxygen atoms in total. The van der Waals surface area contributed by atoms with Crippen molar-refractivity contribution >= 4 is 11.4 Å². The van der Waals surface area contributed by atoms with Gasteiger partial charge in [-0.15, -0.1) is 0 Å². The van der Waals surface area contributed by atoms with Gasteiger partial charge >= 0.3 is 0 Å². The number of ether oxygens (including phenoxy) is 3. The lowest BCUT2D eigenvalue weighted by atomic mass is 10.0. The van der Waals surface area contributed by atoms with Crippen LogP contribution in [-0.4, -0.2) is 38.2 Å². The number of benzene rings is 1. The average molecular weight is 292 g/mol. The molecule has 2 heterocycles. The third-order valence-electron chi connectivity index (χ3n) is 3.88. The highest BCUT2D eigenvalue weighted by atomic mass is 16.7. The fourth-order valence-electron chi connectivity index (χ4n) is 3.07. The molecular weight excluding hydrogens is 268 g/mol. The molecule has 5 heteroatoms. The largest absolute Gasteiger partial charge is 0.491 e. The molecule has 2 N–H and O–H groups in total. The van der Waals surface area contributed by atoms with Crippen molar-refractivity contribution in [2.45, 2.75) is 38.6 Å². The smallest absolute Gasteiger partial charge is 0.186 e. The van der Waals surface area contributed by atoms with Crippen LogP contribution >= 0.6 is 0 Å². The Balaban J connectivity index is 1.80. The summed E-state index contributed by atoms with van der Waals surface area (Å²) in [7, 11) is 0. The van der Waals surface area contributed by atoms with Crippen molar-refractivity contribution in [1.29, 1.82) is 0 Å². The molecule has 0 amide bonds. The van der Waals surface area contributed by atoms with Crippen LogP contribution in [0, 0.1) is 0 Å². The summed E-state index contributed by atoms with van der Waals surface area (Å²) >= 11 is 0. The maximum Gasteiger partial charge on any atom is 0.186 e. The zero-order valence-corrected chi connectivity index (χ0v) is 12.8. The molecule has 0 radical (unpaired) electrons.